The molecule has 1 amide bonds. The van der Waals surface area contributed by atoms with Crippen molar-refractivity contribution in [3.05, 3.63) is 23.3 Å². The maximum absolute atomic E-state index is 12.6. The molecule has 2 aliphatic rings. The lowest BCUT2D eigenvalue weighted by Crippen LogP contribution is -2.45. The van der Waals surface area contributed by atoms with Crippen LogP contribution in [0.15, 0.2) is 12.1 Å². The highest BCUT2D eigenvalue weighted by molar-refractivity contribution is 5.78. The van der Waals surface area contributed by atoms with Gasteiger partial charge in [0.2, 0.25) is 5.91 Å². The summed E-state index contributed by atoms with van der Waals surface area (Å²) in [5.41, 5.74) is 9.13. The molecule has 6 nitrogen and oxygen atoms in total. The van der Waals surface area contributed by atoms with E-state index in [1.807, 2.05) is 17.0 Å². The van der Waals surface area contributed by atoms with Crippen molar-refractivity contribution in [1.29, 1.82) is 0 Å². The molecule has 1 fully saturated rings. The largest absolute Gasteiger partial charge is 0.495 e. The Balaban J connectivity index is 1.63. The van der Waals surface area contributed by atoms with Crippen LogP contribution in [-0.4, -0.2) is 68.8 Å². The molecular weight excluding hydrogens is 294 g/mol. The van der Waals surface area contributed by atoms with E-state index >= 15 is 0 Å². The Morgan fingerprint density at radius 2 is 1.83 bits per heavy atom. The molecule has 0 aromatic heterocycles. The minimum absolute atomic E-state index is 0.208. The van der Waals surface area contributed by atoms with Gasteiger partial charge in [-0.05, 0) is 36.1 Å². The van der Waals surface area contributed by atoms with Gasteiger partial charge in [-0.1, -0.05) is 0 Å². The summed E-state index contributed by atoms with van der Waals surface area (Å²) in [6, 6.07) is 4.00. The number of morpholine rings is 1. The summed E-state index contributed by atoms with van der Waals surface area (Å²) in [4.78, 5) is 16.7. The molecule has 0 spiro atoms. The standard InChI is InChI=1S/C17H25N3O3/c1-22-16-11-14-3-5-20(4-2-13(14)10-15(16)18)17(21)12-19-6-8-23-9-7-19/h10-11H,2-9,12,18H2,1H3. The molecule has 0 saturated carbocycles. The van der Waals surface area contributed by atoms with Crippen LogP contribution in [0.3, 0.4) is 0 Å². The number of carbonyl (C=O) groups is 1. The van der Waals surface area contributed by atoms with Crippen LogP contribution in [0.5, 0.6) is 5.75 Å². The average molecular weight is 319 g/mol. The molecule has 0 unspecified atom stereocenters. The third-order valence-electron chi connectivity index (χ3n) is 4.67. The van der Waals surface area contributed by atoms with E-state index in [2.05, 4.69) is 4.90 Å². The quantitative estimate of drug-likeness (QED) is 0.824. The summed E-state index contributed by atoms with van der Waals surface area (Å²) in [6.07, 6.45) is 1.69. The summed E-state index contributed by atoms with van der Waals surface area (Å²) in [5.74, 6) is 0.927. The second-order valence-corrected chi connectivity index (χ2v) is 6.13. The number of hydrogen-bond donors (Lipinski definition) is 1. The van der Waals surface area contributed by atoms with Crippen molar-refractivity contribution in [3.8, 4) is 5.75 Å². The molecule has 6 heteroatoms. The molecule has 1 aromatic rings. The number of hydrogen-bond acceptors (Lipinski definition) is 5. The van der Waals surface area contributed by atoms with Crippen LogP contribution >= 0.6 is 0 Å². The lowest BCUT2D eigenvalue weighted by molar-refractivity contribution is -0.133. The Morgan fingerprint density at radius 1 is 1.17 bits per heavy atom. The van der Waals surface area contributed by atoms with Crippen molar-refractivity contribution >= 4 is 11.6 Å². The summed E-state index contributed by atoms with van der Waals surface area (Å²) in [7, 11) is 1.63. The fourth-order valence-corrected chi connectivity index (χ4v) is 3.25. The SMILES string of the molecule is COc1cc2c(cc1N)CCN(C(=O)CN1CCOCC1)CC2. The zero-order chi connectivity index (χ0) is 16.2. The summed E-state index contributed by atoms with van der Waals surface area (Å²) in [5, 5.41) is 0. The summed E-state index contributed by atoms with van der Waals surface area (Å²) < 4.78 is 10.6. The predicted molar refractivity (Wildman–Crippen MR) is 88.7 cm³/mol. The van der Waals surface area contributed by atoms with Gasteiger partial charge in [-0.25, -0.2) is 0 Å². The maximum atomic E-state index is 12.6. The van der Waals surface area contributed by atoms with Crippen molar-refractivity contribution in [2.45, 2.75) is 12.8 Å². The Morgan fingerprint density at radius 3 is 2.48 bits per heavy atom. The molecule has 2 N–H and O–H groups in total. The van der Waals surface area contributed by atoms with Gasteiger partial charge in [0.1, 0.15) is 5.75 Å². The third-order valence-corrected chi connectivity index (χ3v) is 4.67. The normalized spacial score (nSPS) is 19.1. The number of ether oxygens (including phenoxy) is 2. The molecule has 1 saturated heterocycles. The van der Waals surface area contributed by atoms with Crippen LogP contribution in [0.1, 0.15) is 11.1 Å². The first-order valence-corrected chi connectivity index (χ1v) is 8.20. The van der Waals surface area contributed by atoms with Gasteiger partial charge in [0.15, 0.2) is 0 Å². The van der Waals surface area contributed by atoms with Gasteiger partial charge in [0.05, 0.1) is 32.6 Å². The van der Waals surface area contributed by atoms with E-state index < -0.39 is 0 Å². The van der Waals surface area contributed by atoms with E-state index in [4.69, 9.17) is 15.2 Å². The fourth-order valence-electron chi connectivity index (χ4n) is 3.25. The van der Waals surface area contributed by atoms with Gasteiger partial charge < -0.3 is 20.1 Å². The number of nitrogen functional groups attached to an aromatic ring is 1. The zero-order valence-corrected chi connectivity index (χ0v) is 13.7. The lowest BCUT2D eigenvalue weighted by atomic mass is 10.0. The van der Waals surface area contributed by atoms with Crippen molar-refractivity contribution < 1.29 is 14.3 Å². The average Bonchev–Trinajstić information content (AvgIpc) is 2.77. The summed E-state index contributed by atoms with van der Waals surface area (Å²) >= 11 is 0. The van der Waals surface area contributed by atoms with E-state index in [0.717, 1.165) is 58.0 Å². The van der Waals surface area contributed by atoms with Crippen LogP contribution in [0.4, 0.5) is 5.69 Å². The van der Waals surface area contributed by atoms with Crippen LogP contribution < -0.4 is 10.5 Å². The fraction of sp³-hybridized carbons (Fsp3) is 0.588. The molecule has 3 rings (SSSR count). The van der Waals surface area contributed by atoms with Gasteiger partial charge in [0, 0.05) is 26.2 Å². The van der Waals surface area contributed by atoms with E-state index in [0.29, 0.717) is 12.2 Å². The summed E-state index contributed by atoms with van der Waals surface area (Å²) in [6.45, 7) is 5.12. The lowest BCUT2D eigenvalue weighted by Gasteiger charge is -2.29. The number of nitrogens with two attached hydrogens (primary N) is 1. The number of amides is 1. The van der Waals surface area contributed by atoms with Crippen molar-refractivity contribution in [2.24, 2.45) is 0 Å². The Hall–Kier alpha value is -1.79. The van der Waals surface area contributed by atoms with Crippen molar-refractivity contribution in [1.82, 2.24) is 9.80 Å². The van der Waals surface area contributed by atoms with Crippen LogP contribution in [0.25, 0.3) is 0 Å². The smallest absolute Gasteiger partial charge is 0.236 e. The van der Waals surface area contributed by atoms with Gasteiger partial charge in [-0.3, -0.25) is 9.69 Å². The molecule has 0 radical (unpaired) electrons. The number of carbonyl (C=O) groups excluding carboxylic acids is 1. The first-order valence-electron chi connectivity index (χ1n) is 8.20. The number of fused-ring (bicyclic) bond motifs is 1. The molecular formula is C17H25N3O3. The second kappa shape index (κ2) is 7.19. The van der Waals surface area contributed by atoms with Gasteiger partial charge in [-0.2, -0.15) is 0 Å². The van der Waals surface area contributed by atoms with E-state index in [1.54, 1.807) is 7.11 Å². The van der Waals surface area contributed by atoms with E-state index in [-0.39, 0.29) is 5.91 Å². The molecule has 126 valence electrons. The zero-order valence-electron chi connectivity index (χ0n) is 13.7. The highest BCUT2D eigenvalue weighted by Gasteiger charge is 2.22. The topological polar surface area (TPSA) is 68.0 Å². The second-order valence-electron chi connectivity index (χ2n) is 6.13. The highest BCUT2D eigenvalue weighted by Crippen LogP contribution is 2.28. The first kappa shape index (κ1) is 16.1. The molecule has 2 aliphatic heterocycles. The van der Waals surface area contributed by atoms with Crippen molar-refractivity contribution in [2.75, 3.05) is 58.8 Å². The monoisotopic (exact) mass is 319 g/mol. The minimum Gasteiger partial charge on any atom is -0.495 e. The first-order chi connectivity index (χ1) is 11.2. The number of nitrogens with zero attached hydrogens (tertiary/aromatic N) is 2. The predicted octanol–water partition coefficient (Wildman–Crippen LogP) is 0.537. The minimum atomic E-state index is 0.208. The molecule has 1 aromatic carbocycles. The van der Waals surface area contributed by atoms with E-state index in [9.17, 15) is 4.79 Å². The van der Waals surface area contributed by atoms with E-state index in [1.165, 1.54) is 11.1 Å². The number of benzene rings is 1. The number of methoxy groups -OCH3 is 1. The number of anilines is 1. The van der Waals surface area contributed by atoms with Gasteiger partial charge >= 0.3 is 0 Å². The molecule has 2 heterocycles. The Bertz CT molecular complexity index is 570. The molecule has 0 aliphatic carbocycles. The Labute approximate surface area is 137 Å². The third kappa shape index (κ3) is 3.76. The Kier molecular flexibility index (Phi) is 5.03. The highest BCUT2D eigenvalue weighted by atomic mass is 16.5. The van der Waals surface area contributed by atoms with Crippen LogP contribution in [0, 0.1) is 0 Å². The number of rotatable bonds is 3. The maximum Gasteiger partial charge on any atom is 0.236 e. The van der Waals surface area contributed by atoms with Crippen LogP contribution in [-0.2, 0) is 22.4 Å². The van der Waals surface area contributed by atoms with Crippen LogP contribution in [0.2, 0.25) is 0 Å². The van der Waals surface area contributed by atoms with Crippen molar-refractivity contribution in [3.63, 3.8) is 0 Å². The molecule has 0 atom stereocenters. The molecule has 0 bridgehead atoms. The molecule has 23 heavy (non-hydrogen) atoms. The van der Waals surface area contributed by atoms with Gasteiger partial charge in [-0.15, -0.1) is 0 Å². The van der Waals surface area contributed by atoms with Gasteiger partial charge in [0.25, 0.3) is 0 Å².